The molecular weight excluding hydrogens is 335 g/mol. The number of nitrogens with zero attached hydrogens (tertiary/aromatic N) is 2. The minimum atomic E-state index is -4.46. The standard InChI is InChI=1S/C13H15BrF3N3/c1-19-4-6-20(7-5-19)12(18)10-3-2-9(14)8-11(10)13(15,16)17/h2-3,8,18H,4-7H2,1H3. The molecule has 1 aromatic carbocycles. The summed E-state index contributed by atoms with van der Waals surface area (Å²) < 4.78 is 39.6. The molecule has 20 heavy (non-hydrogen) atoms. The van der Waals surface area contributed by atoms with Crippen molar-refractivity contribution in [2.45, 2.75) is 6.18 Å². The molecule has 1 saturated heterocycles. The number of benzene rings is 1. The van der Waals surface area contributed by atoms with Crippen molar-refractivity contribution in [1.29, 1.82) is 5.41 Å². The van der Waals surface area contributed by atoms with Crippen LogP contribution in [-0.4, -0.2) is 48.9 Å². The summed E-state index contributed by atoms with van der Waals surface area (Å²) in [6, 6.07) is 3.92. The lowest BCUT2D eigenvalue weighted by Gasteiger charge is -2.34. The van der Waals surface area contributed by atoms with E-state index in [0.29, 0.717) is 17.6 Å². The van der Waals surface area contributed by atoms with Crippen LogP contribution in [0.25, 0.3) is 0 Å². The quantitative estimate of drug-likeness (QED) is 0.623. The summed E-state index contributed by atoms with van der Waals surface area (Å²) in [5, 5.41) is 8.07. The lowest BCUT2D eigenvalue weighted by Crippen LogP contribution is -2.47. The fourth-order valence-corrected chi connectivity index (χ4v) is 2.52. The predicted molar refractivity (Wildman–Crippen MR) is 75.0 cm³/mol. The molecule has 0 aliphatic carbocycles. The fraction of sp³-hybridized carbons (Fsp3) is 0.462. The van der Waals surface area contributed by atoms with Gasteiger partial charge in [0.05, 0.1) is 5.56 Å². The van der Waals surface area contributed by atoms with Crippen molar-refractivity contribution in [3.63, 3.8) is 0 Å². The number of hydrogen-bond acceptors (Lipinski definition) is 2. The molecule has 3 nitrogen and oxygen atoms in total. The summed E-state index contributed by atoms with van der Waals surface area (Å²) in [5.41, 5.74) is -0.832. The maximum atomic E-state index is 13.1. The van der Waals surface area contributed by atoms with Crippen LogP contribution in [0, 0.1) is 5.41 Å². The first kappa shape index (κ1) is 15.3. The van der Waals surface area contributed by atoms with Crippen molar-refractivity contribution < 1.29 is 13.2 Å². The van der Waals surface area contributed by atoms with Crippen molar-refractivity contribution in [2.24, 2.45) is 0 Å². The van der Waals surface area contributed by atoms with E-state index in [0.717, 1.165) is 19.2 Å². The number of rotatable bonds is 1. The van der Waals surface area contributed by atoms with Crippen LogP contribution in [0.1, 0.15) is 11.1 Å². The minimum absolute atomic E-state index is 0.0575. The molecule has 0 spiro atoms. The largest absolute Gasteiger partial charge is 0.417 e. The van der Waals surface area contributed by atoms with Gasteiger partial charge in [0.1, 0.15) is 5.84 Å². The molecule has 0 atom stereocenters. The third-order valence-corrected chi connectivity index (χ3v) is 3.85. The number of piperazine rings is 1. The number of alkyl halides is 3. The van der Waals surface area contributed by atoms with E-state index in [2.05, 4.69) is 20.8 Å². The molecule has 1 aromatic rings. The van der Waals surface area contributed by atoms with Crippen molar-refractivity contribution >= 4 is 21.8 Å². The summed E-state index contributed by atoms with van der Waals surface area (Å²) >= 11 is 3.05. The summed E-state index contributed by atoms with van der Waals surface area (Å²) in [4.78, 5) is 3.79. The van der Waals surface area contributed by atoms with Gasteiger partial charge in [0.15, 0.2) is 0 Å². The van der Waals surface area contributed by atoms with Crippen molar-refractivity contribution in [2.75, 3.05) is 33.2 Å². The summed E-state index contributed by atoms with van der Waals surface area (Å²) in [5.74, 6) is -0.0575. The first-order valence-corrected chi connectivity index (χ1v) is 6.97. The van der Waals surface area contributed by atoms with Gasteiger partial charge in [0.2, 0.25) is 0 Å². The van der Waals surface area contributed by atoms with Crippen molar-refractivity contribution in [1.82, 2.24) is 9.80 Å². The second-order valence-corrected chi connectivity index (χ2v) is 5.74. The van der Waals surface area contributed by atoms with Gasteiger partial charge in [-0.25, -0.2) is 0 Å². The van der Waals surface area contributed by atoms with E-state index in [-0.39, 0.29) is 11.4 Å². The zero-order chi connectivity index (χ0) is 14.9. The van der Waals surface area contributed by atoms with Gasteiger partial charge < -0.3 is 9.80 Å². The molecule has 0 radical (unpaired) electrons. The Bertz CT molecular complexity index is 508. The maximum absolute atomic E-state index is 13.1. The average Bonchev–Trinajstić information content (AvgIpc) is 2.38. The Morgan fingerprint density at radius 1 is 1.20 bits per heavy atom. The number of likely N-dealkylation sites (N-methyl/N-ethyl adjacent to an activating group) is 1. The maximum Gasteiger partial charge on any atom is 0.417 e. The molecule has 7 heteroatoms. The number of halogens is 4. The Balaban J connectivity index is 2.30. The molecule has 1 heterocycles. The molecule has 1 aliphatic heterocycles. The van der Waals surface area contributed by atoms with E-state index in [1.165, 1.54) is 12.1 Å². The number of nitrogens with one attached hydrogen (secondary N) is 1. The Morgan fingerprint density at radius 3 is 2.35 bits per heavy atom. The van der Waals surface area contributed by atoms with Crippen LogP contribution in [-0.2, 0) is 6.18 Å². The Hall–Kier alpha value is -1.08. The van der Waals surface area contributed by atoms with Crippen LogP contribution in [0.5, 0.6) is 0 Å². The lowest BCUT2D eigenvalue weighted by molar-refractivity contribution is -0.137. The minimum Gasteiger partial charge on any atom is -0.354 e. The van der Waals surface area contributed by atoms with E-state index in [1.807, 2.05) is 7.05 Å². The Labute approximate surface area is 124 Å². The van der Waals surface area contributed by atoms with Crippen LogP contribution < -0.4 is 0 Å². The van der Waals surface area contributed by atoms with Crippen molar-refractivity contribution in [3.8, 4) is 0 Å². The zero-order valence-electron chi connectivity index (χ0n) is 11.0. The van der Waals surface area contributed by atoms with E-state index in [9.17, 15) is 13.2 Å². The molecule has 1 aliphatic rings. The summed E-state index contributed by atoms with van der Waals surface area (Å²) in [7, 11) is 1.96. The normalized spacial score (nSPS) is 17.4. The van der Waals surface area contributed by atoms with Crippen LogP contribution in [0.4, 0.5) is 13.2 Å². The first-order valence-electron chi connectivity index (χ1n) is 6.18. The smallest absolute Gasteiger partial charge is 0.354 e. The van der Waals surface area contributed by atoms with Gasteiger partial charge in [-0.2, -0.15) is 13.2 Å². The van der Waals surface area contributed by atoms with Gasteiger partial charge in [-0.1, -0.05) is 15.9 Å². The molecule has 110 valence electrons. The monoisotopic (exact) mass is 349 g/mol. The van der Waals surface area contributed by atoms with Gasteiger partial charge in [0, 0.05) is 36.2 Å². The van der Waals surface area contributed by atoms with Crippen molar-refractivity contribution in [3.05, 3.63) is 33.8 Å². The van der Waals surface area contributed by atoms with Gasteiger partial charge in [-0.05, 0) is 25.2 Å². The van der Waals surface area contributed by atoms with Gasteiger partial charge >= 0.3 is 6.18 Å². The van der Waals surface area contributed by atoms with Gasteiger partial charge in [0.25, 0.3) is 0 Å². The second kappa shape index (κ2) is 5.73. The fourth-order valence-electron chi connectivity index (χ4n) is 2.16. The molecular formula is C13H15BrF3N3. The third-order valence-electron chi connectivity index (χ3n) is 3.36. The molecule has 1 N–H and O–H groups in total. The lowest BCUT2D eigenvalue weighted by atomic mass is 10.0. The summed E-state index contributed by atoms with van der Waals surface area (Å²) in [6.07, 6.45) is -4.46. The third kappa shape index (κ3) is 3.32. The SMILES string of the molecule is CN1CCN(C(=N)c2ccc(Br)cc2C(F)(F)F)CC1. The molecule has 0 saturated carbocycles. The Kier molecular flexibility index (Phi) is 4.39. The highest BCUT2D eigenvalue weighted by Gasteiger charge is 2.35. The number of amidine groups is 1. The molecule has 0 aromatic heterocycles. The molecule has 0 unspecified atom stereocenters. The highest BCUT2D eigenvalue weighted by molar-refractivity contribution is 9.10. The van der Waals surface area contributed by atoms with Gasteiger partial charge in [-0.15, -0.1) is 0 Å². The molecule has 0 bridgehead atoms. The molecule has 0 amide bonds. The zero-order valence-corrected chi connectivity index (χ0v) is 12.6. The van der Waals surface area contributed by atoms with E-state index >= 15 is 0 Å². The van der Waals surface area contributed by atoms with E-state index in [4.69, 9.17) is 5.41 Å². The van der Waals surface area contributed by atoms with E-state index in [1.54, 1.807) is 4.90 Å². The first-order chi connectivity index (χ1) is 9.29. The van der Waals surface area contributed by atoms with Crippen LogP contribution in [0.2, 0.25) is 0 Å². The van der Waals surface area contributed by atoms with Crippen LogP contribution in [0.15, 0.2) is 22.7 Å². The van der Waals surface area contributed by atoms with E-state index < -0.39 is 11.7 Å². The predicted octanol–water partition coefficient (Wildman–Crippen LogP) is 3.04. The average molecular weight is 350 g/mol. The van der Waals surface area contributed by atoms with Gasteiger partial charge in [-0.3, -0.25) is 5.41 Å². The molecule has 1 fully saturated rings. The molecule has 2 rings (SSSR count). The topological polar surface area (TPSA) is 30.3 Å². The summed E-state index contributed by atoms with van der Waals surface area (Å²) in [6.45, 7) is 2.64. The highest BCUT2D eigenvalue weighted by atomic mass is 79.9. The second-order valence-electron chi connectivity index (χ2n) is 4.83. The highest BCUT2D eigenvalue weighted by Crippen LogP contribution is 2.34. The van der Waals surface area contributed by atoms with Crippen LogP contribution >= 0.6 is 15.9 Å². The van der Waals surface area contributed by atoms with Crippen LogP contribution in [0.3, 0.4) is 0 Å². The Morgan fingerprint density at radius 2 is 1.80 bits per heavy atom. The number of hydrogen-bond donors (Lipinski definition) is 1.